The second-order valence-electron chi connectivity index (χ2n) is 4.50. The molecular formula is C14H18FNO3. The van der Waals surface area contributed by atoms with Gasteiger partial charge in [0.15, 0.2) is 11.6 Å². The van der Waals surface area contributed by atoms with E-state index in [-0.39, 0.29) is 11.9 Å². The van der Waals surface area contributed by atoms with Gasteiger partial charge < -0.3 is 9.47 Å². The number of aldehydes is 1. The summed E-state index contributed by atoms with van der Waals surface area (Å²) in [4.78, 5) is 12.8. The van der Waals surface area contributed by atoms with Crippen molar-refractivity contribution >= 4 is 6.29 Å². The minimum Gasteiger partial charge on any atom is -0.488 e. The van der Waals surface area contributed by atoms with Gasteiger partial charge in [-0.1, -0.05) is 6.92 Å². The van der Waals surface area contributed by atoms with E-state index in [1.165, 1.54) is 18.2 Å². The fraction of sp³-hybridized carbons (Fsp3) is 0.500. The van der Waals surface area contributed by atoms with Crippen LogP contribution in [0.3, 0.4) is 0 Å². The lowest BCUT2D eigenvalue weighted by atomic mass is 10.2. The molecule has 1 fully saturated rings. The average molecular weight is 267 g/mol. The van der Waals surface area contributed by atoms with Gasteiger partial charge in [-0.15, -0.1) is 0 Å². The van der Waals surface area contributed by atoms with Crippen molar-refractivity contribution in [1.29, 1.82) is 0 Å². The van der Waals surface area contributed by atoms with Crippen LogP contribution < -0.4 is 4.74 Å². The highest BCUT2D eigenvalue weighted by Crippen LogP contribution is 2.18. The summed E-state index contributed by atoms with van der Waals surface area (Å²) in [7, 11) is 0. The molecule has 0 spiro atoms. The second kappa shape index (κ2) is 6.63. The van der Waals surface area contributed by atoms with Crippen LogP contribution in [0.2, 0.25) is 0 Å². The molecule has 1 heterocycles. The van der Waals surface area contributed by atoms with E-state index >= 15 is 0 Å². The fourth-order valence-electron chi connectivity index (χ4n) is 2.06. The first kappa shape index (κ1) is 14.0. The van der Waals surface area contributed by atoms with E-state index < -0.39 is 5.82 Å². The summed E-state index contributed by atoms with van der Waals surface area (Å²) in [5.74, 6) is -0.365. The second-order valence-corrected chi connectivity index (χ2v) is 4.50. The summed E-state index contributed by atoms with van der Waals surface area (Å²) in [6.07, 6.45) is 0.565. The van der Waals surface area contributed by atoms with Gasteiger partial charge in [0.2, 0.25) is 0 Å². The molecule has 0 aromatic heterocycles. The highest BCUT2D eigenvalue weighted by Gasteiger charge is 2.20. The molecule has 0 amide bonds. The van der Waals surface area contributed by atoms with Gasteiger partial charge in [0.25, 0.3) is 0 Å². The predicted octanol–water partition coefficient (Wildman–Crippen LogP) is 1.74. The third-order valence-corrected chi connectivity index (χ3v) is 3.19. The molecule has 1 unspecified atom stereocenters. The fourth-order valence-corrected chi connectivity index (χ4v) is 2.06. The van der Waals surface area contributed by atoms with Crippen molar-refractivity contribution < 1.29 is 18.7 Å². The van der Waals surface area contributed by atoms with Crippen molar-refractivity contribution in [3.8, 4) is 5.75 Å². The Hall–Kier alpha value is -1.46. The maximum absolute atomic E-state index is 13.6. The van der Waals surface area contributed by atoms with Gasteiger partial charge in [-0.3, -0.25) is 9.69 Å². The molecule has 1 aromatic rings. The Morgan fingerprint density at radius 3 is 3.11 bits per heavy atom. The van der Waals surface area contributed by atoms with E-state index in [1.54, 1.807) is 0 Å². The number of morpholine rings is 1. The molecule has 5 heteroatoms. The third kappa shape index (κ3) is 3.75. The van der Waals surface area contributed by atoms with E-state index in [0.29, 0.717) is 25.1 Å². The molecular weight excluding hydrogens is 249 g/mol. The van der Waals surface area contributed by atoms with Crippen LogP contribution >= 0.6 is 0 Å². The van der Waals surface area contributed by atoms with Crippen molar-refractivity contribution in [1.82, 2.24) is 4.90 Å². The highest BCUT2D eigenvalue weighted by molar-refractivity contribution is 5.74. The summed E-state index contributed by atoms with van der Waals surface area (Å²) in [6, 6.07) is 4.17. The first-order valence-electron chi connectivity index (χ1n) is 6.44. The van der Waals surface area contributed by atoms with Gasteiger partial charge in [0.1, 0.15) is 19.0 Å². The van der Waals surface area contributed by atoms with Crippen molar-refractivity contribution in [2.75, 3.05) is 32.8 Å². The zero-order valence-corrected chi connectivity index (χ0v) is 11.0. The lowest BCUT2D eigenvalue weighted by Crippen LogP contribution is -2.44. The molecule has 1 saturated heterocycles. The zero-order chi connectivity index (χ0) is 13.7. The molecule has 4 nitrogen and oxygen atoms in total. The molecule has 0 radical (unpaired) electrons. The van der Waals surface area contributed by atoms with Crippen LogP contribution in [0.1, 0.15) is 17.3 Å². The number of carbonyl (C=O) groups excluding carboxylic acids is 1. The monoisotopic (exact) mass is 267 g/mol. The van der Waals surface area contributed by atoms with E-state index in [0.717, 1.165) is 19.6 Å². The van der Waals surface area contributed by atoms with E-state index in [1.807, 2.05) is 0 Å². The van der Waals surface area contributed by atoms with Crippen molar-refractivity contribution in [2.45, 2.75) is 13.0 Å². The number of ether oxygens (including phenoxy) is 2. The van der Waals surface area contributed by atoms with E-state index in [9.17, 15) is 9.18 Å². The number of likely N-dealkylation sites (N-methyl/N-ethyl adjacent to an activating group) is 1. The Labute approximate surface area is 112 Å². The molecule has 19 heavy (non-hydrogen) atoms. The van der Waals surface area contributed by atoms with Crippen LogP contribution in [0.25, 0.3) is 0 Å². The molecule has 0 N–H and O–H groups in total. The molecule has 0 bridgehead atoms. The lowest BCUT2D eigenvalue weighted by Gasteiger charge is -2.31. The molecule has 1 aliphatic heterocycles. The number of halogens is 1. The number of carbonyl (C=O) groups is 1. The van der Waals surface area contributed by atoms with Crippen LogP contribution in [-0.4, -0.2) is 50.1 Å². The van der Waals surface area contributed by atoms with Gasteiger partial charge >= 0.3 is 0 Å². The number of nitrogens with zero attached hydrogens (tertiary/aromatic N) is 1. The smallest absolute Gasteiger partial charge is 0.165 e. The number of hydrogen-bond acceptors (Lipinski definition) is 4. The first-order chi connectivity index (χ1) is 9.22. The van der Waals surface area contributed by atoms with Crippen LogP contribution in [-0.2, 0) is 4.74 Å². The highest BCUT2D eigenvalue weighted by atomic mass is 19.1. The lowest BCUT2D eigenvalue weighted by molar-refractivity contribution is -0.0468. The number of rotatable bonds is 5. The van der Waals surface area contributed by atoms with Crippen molar-refractivity contribution in [3.05, 3.63) is 29.6 Å². The molecule has 0 saturated carbocycles. The Balaban J connectivity index is 1.89. The topological polar surface area (TPSA) is 38.8 Å². The van der Waals surface area contributed by atoms with Crippen LogP contribution in [0.4, 0.5) is 4.39 Å². The maximum atomic E-state index is 13.6. The van der Waals surface area contributed by atoms with Crippen LogP contribution in [0, 0.1) is 5.82 Å². The molecule has 0 aliphatic carbocycles. The van der Waals surface area contributed by atoms with E-state index in [4.69, 9.17) is 9.47 Å². The number of benzene rings is 1. The van der Waals surface area contributed by atoms with Gasteiger partial charge in [0.05, 0.1) is 6.61 Å². The maximum Gasteiger partial charge on any atom is 0.165 e. The minimum atomic E-state index is -0.521. The van der Waals surface area contributed by atoms with Gasteiger partial charge in [0, 0.05) is 18.7 Å². The first-order valence-corrected chi connectivity index (χ1v) is 6.44. The summed E-state index contributed by atoms with van der Waals surface area (Å²) in [5.41, 5.74) is 0.302. The largest absolute Gasteiger partial charge is 0.488 e. The molecule has 1 aromatic carbocycles. The Bertz CT molecular complexity index is 439. The van der Waals surface area contributed by atoms with Gasteiger partial charge in [-0.05, 0) is 24.7 Å². The molecule has 1 atom stereocenters. The average Bonchev–Trinajstić information content (AvgIpc) is 2.46. The quantitative estimate of drug-likeness (QED) is 0.762. The van der Waals surface area contributed by atoms with Crippen molar-refractivity contribution in [2.24, 2.45) is 0 Å². The van der Waals surface area contributed by atoms with Crippen LogP contribution in [0.15, 0.2) is 18.2 Å². The Kier molecular flexibility index (Phi) is 4.87. The third-order valence-electron chi connectivity index (χ3n) is 3.19. The summed E-state index contributed by atoms with van der Waals surface area (Å²) >= 11 is 0. The normalized spacial score (nSPS) is 20.2. The standard InChI is InChI=1S/C14H18FNO3/c1-2-16-5-6-18-12(8-16)10-19-14-4-3-11(9-17)7-13(14)15/h3-4,7,9,12H,2,5-6,8,10H2,1H3. The minimum absolute atomic E-state index is 0.0427. The molecule has 1 aliphatic rings. The summed E-state index contributed by atoms with van der Waals surface area (Å²) in [5, 5.41) is 0. The Morgan fingerprint density at radius 1 is 1.58 bits per heavy atom. The Morgan fingerprint density at radius 2 is 2.42 bits per heavy atom. The zero-order valence-electron chi connectivity index (χ0n) is 11.0. The molecule has 104 valence electrons. The number of hydrogen-bond donors (Lipinski definition) is 0. The SMILES string of the molecule is CCN1CCOC(COc2ccc(C=O)cc2F)C1. The van der Waals surface area contributed by atoms with Gasteiger partial charge in [-0.2, -0.15) is 0 Å². The van der Waals surface area contributed by atoms with Crippen molar-refractivity contribution in [3.63, 3.8) is 0 Å². The predicted molar refractivity (Wildman–Crippen MR) is 69.1 cm³/mol. The summed E-state index contributed by atoms with van der Waals surface area (Å²) in [6.45, 7) is 5.78. The van der Waals surface area contributed by atoms with Crippen LogP contribution in [0.5, 0.6) is 5.75 Å². The van der Waals surface area contributed by atoms with E-state index in [2.05, 4.69) is 11.8 Å². The van der Waals surface area contributed by atoms with Gasteiger partial charge in [-0.25, -0.2) is 4.39 Å². The molecule has 2 rings (SSSR count). The summed E-state index contributed by atoms with van der Waals surface area (Å²) < 4.78 is 24.6.